The first kappa shape index (κ1) is 24.6. The summed E-state index contributed by atoms with van der Waals surface area (Å²) in [6, 6.07) is 11.3. The fraction of sp³-hybridized carbons (Fsp3) is 0.200. The molecule has 33 heavy (non-hydrogen) atoms. The topological polar surface area (TPSA) is 119 Å². The second-order valence-electron chi connectivity index (χ2n) is 6.56. The number of sulfonamides is 1. The maximum atomic E-state index is 14.5. The number of hydrogen-bond donors (Lipinski definition) is 1. The van der Waals surface area contributed by atoms with Crippen LogP contribution in [0.1, 0.15) is 5.56 Å². The van der Waals surface area contributed by atoms with Gasteiger partial charge in [0.05, 0.1) is 23.4 Å². The fourth-order valence-corrected chi connectivity index (χ4v) is 5.61. The number of ether oxygens (including phenoxy) is 1. The van der Waals surface area contributed by atoms with E-state index in [1.807, 2.05) is 0 Å². The van der Waals surface area contributed by atoms with Gasteiger partial charge in [0, 0.05) is 0 Å². The Balaban J connectivity index is 1.82. The summed E-state index contributed by atoms with van der Waals surface area (Å²) >= 11 is 2.08. The molecule has 0 saturated heterocycles. The van der Waals surface area contributed by atoms with Crippen molar-refractivity contribution >= 4 is 55.8 Å². The number of rotatable bonds is 9. The molecule has 0 atom stereocenters. The molecule has 0 spiro atoms. The van der Waals surface area contributed by atoms with Gasteiger partial charge in [-0.25, -0.2) is 12.8 Å². The maximum absolute atomic E-state index is 14.5. The van der Waals surface area contributed by atoms with Crippen molar-refractivity contribution in [2.24, 2.45) is 0 Å². The molecule has 0 radical (unpaired) electrons. The van der Waals surface area contributed by atoms with Gasteiger partial charge < -0.3 is 4.74 Å². The predicted molar refractivity (Wildman–Crippen MR) is 123 cm³/mol. The van der Waals surface area contributed by atoms with Gasteiger partial charge in [-0.2, -0.15) is 0 Å². The van der Waals surface area contributed by atoms with Crippen LogP contribution in [-0.4, -0.2) is 49.9 Å². The van der Waals surface area contributed by atoms with E-state index in [0.717, 1.165) is 34.7 Å². The number of nitrogens with zero attached hydrogens (tertiary/aromatic N) is 3. The Morgan fingerprint density at radius 3 is 2.52 bits per heavy atom. The summed E-state index contributed by atoms with van der Waals surface area (Å²) in [6.07, 6.45) is 0. The average Bonchev–Trinajstić information content (AvgIpc) is 3.23. The molecule has 1 aromatic heterocycles. The van der Waals surface area contributed by atoms with Crippen LogP contribution < -0.4 is 9.62 Å². The van der Waals surface area contributed by atoms with Crippen LogP contribution in [0.15, 0.2) is 57.8 Å². The number of aryl methyl sites for hydroxylation is 1. The third-order valence-electron chi connectivity index (χ3n) is 4.21. The van der Waals surface area contributed by atoms with E-state index in [1.165, 1.54) is 37.4 Å². The standard InChI is InChI=1S/C20H19FN4O5S3/c1-13-7-9-14(10-8-13)33(28,29)25(16-6-4-3-5-15(16)21)11-17(26)22-19-23-24-20(32-19)31-12-18(27)30-2/h3-10H,11-12H2,1-2H3,(H,22,23,26). The first-order chi connectivity index (χ1) is 15.7. The molecule has 0 unspecified atom stereocenters. The molecule has 1 heterocycles. The van der Waals surface area contributed by atoms with E-state index in [4.69, 9.17) is 0 Å². The van der Waals surface area contributed by atoms with Crippen LogP contribution in [-0.2, 0) is 24.3 Å². The Morgan fingerprint density at radius 1 is 1.15 bits per heavy atom. The molecule has 174 valence electrons. The number of carbonyl (C=O) groups is 2. The van der Waals surface area contributed by atoms with E-state index in [9.17, 15) is 22.4 Å². The molecular formula is C20H19FN4O5S3. The van der Waals surface area contributed by atoms with Gasteiger partial charge in [0.15, 0.2) is 4.34 Å². The van der Waals surface area contributed by atoms with Crippen LogP contribution in [0.5, 0.6) is 0 Å². The van der Waals surface area contributed by atoms with Crippen LogP contribution in [0.2, 0.25) is 0 Å². The zero-order valence-electron chi connectivity index (χ0n) is 17.5. The fourth-order valence-electron chi connectivity index (χ4n) is 2.58. The highest BCUT2D eigenvalue weighted by Gasteiger charge is 2.29. The van der Waals surface area contributed by atoms with Gasteiger partial charge in [0.1, 0.15) is 12.4 Å². The molecule has 0 bridgehead atoms. The van der Waals surface area contributed by atoms with Crippen molar-refractivity contribution in [2.75, 3.05) is 29.0 Å². The predicted octanol–water partition coefficient (Wildman–Crippen LogP) is 3.08. The van der Waals surface area contributed by atoms with Gasteiger partial charge in [-0.3, -0.25) is 19.2 Å². The van der Waals surface area contributed by atoms with Gasteiger partial charge in [-0.05, 0) is 31.2 Å². The number of nitrogens with one attached hydrogen (secondary N) is 1. The summed E-state index contributed by atoms with van der Waals surface area (Å²) < 4.78 is 46.7. The number of amides is 1. The lowest BCUT2D eigenvalue weighted by Gasteiger charge is -2.24. The second kappa shape index (κ2) is 10.7. The molecule has 0 aliphatic heterocycles. The number of methoxy groups -OCH3 is 1. The van der Waals surface area contributed by atoms with Gasteiger partial charge in [0.25, 0.3) is 10.0 Å². The van der Waals surface area contributed by atoms with Crippen molar-refractivity contribution in [3.05, 3.63) is 59.9 Å². The van der Waals surface area contributed by atoms with E-state index >= 15 is 0 Å². The van der Waals surface area contributed by atoms with Crippen molar-refractivity contribution < 1.29 is 27.1 Å². The van der Waals surface area contributed by atoms with E-state index in [2.05, 4.69) is 20.3 Å². The molecule has 0 aliphatic carbocycles. The lowest BCUT2D eigenvalue weighted by Crippen LogP contribution is -2.38. The molecule has 0 fully saturated rings. The summed E-state index contributed by atoms with van der Waals surface area (Å²) in [6.45, 7) is 1.11. The molecule has 0 saturated carbocycles. The average molecular weight is 511 g/mol. The van der Waals surface area contributed by atoms with Gasteiger partial charge in [-0.1, -0.05) is 52.9 Å². The molecule has 3 rings (SSSR count). The zero-order valence-corrected chi connectivity index (χ0v) is 20.0. The van der Waals surface area contributed by atoms with Gasteiger partial charge in [0.2, 0.25) is 11.0 Å². The third-order valence-corrected chi connectivity index (χ3v) is 7.93. The maximum Gasteiger partial charge on any atom is 0.316 e. The second-order valence-corrected chi connectivity index (χ2v) is 10.6. The Morgan fingerprint density at radius 2 is 1.85 bits per heavy atom. The summed E-state index contributed by atoms with van der Waals surface area (Å²) in [4.78, 5) is 23.8. The number of carbonyl (C=O) groups excluding carboxylic acids is 2. The molecule has 1 N–H and O–H groups in total. The molecule has 3 aromatic rings. The monoisotopic (exact) mass is 510 g/mol. The lowest BCUT2D eigenvalue weighted by atomic mass is 10.2. The van der Waals surface area contributed by atoms with Crippen LogP contribution >= 0.6 is 23.1 Å². The quantitative estimate of drug-likeness (QED) is 0.265. The zero-order chi connectivity index (χ0) is 24.0. The first-order valence-corrected chi connectivity index (χ1v) is 12.6. The summed E-state index contributed by atoms with van der Waals surface area (Å²) in [7, 11) is -2.99. The number of halogens is 1. The van der Waals surface area contributed by atoms with Gasteiger partial charge >= 0.3 is 5.97 Å². The van der Waals surface area contributed by atoms with Crippen LogP contribution in [0.4, 0.5) is 15.2 Å². The molecule has 9 nitrogen and oxygen atoms in total. The highest BCUT2D eigenvalue weighted by atomic mass is 32.2. The largest absolute Gasteiger partial charge is 0.468 e. The Hall–Kier alpha value is -3.03. The van der Waals surface area contributed by atoms with E-state index < -0.39 is 34.3 Å². The van der Waals surface area contributed by atoms with Crippen LogP contribution in [0.3, 0.4) is 0 Å². The molecule has 13 heteroatoms. The SMILES string of the molecule is COC(=O)CSc1nnc(NC(=O)CN(c2ccccc2F)S(=O)(=O)c2ccc(C)cc2)s1. The molecule has 2 aromatic carbocycles. The molecule has 0 aliphatic rings. The van der Waals surface area contributed by atoms with Crippen LogP contribution in [0, 0.1) is 12.7 Å². The Labute approximate surface area is 198 Å². The van der Waals surface area contributed by atoms with Crippen molar-refractivity contribution in [1.82, 2.24) is 10.2 Å². The number of thioether (sulfide) groups is 1. The van der Waals surface area contributed by atoms with E-state index in [0.29, 0.717) is 8.64 Å². The number of benzene rings is 2. The lowest BCUT2D eigenvalue weighted by molar-refractivity contribution is -0.137. The van der Waals surface area contributed by atoms with E-state index in [-0.39, 0.29) is 21.5 Å². The van der Waals surface area contributed by atoms with E-state index in [1.54, 1.807) is 19.1 Å². The summed E-state index contributed by atoms with van der Waals surface area (Å²) in [5, 5.41) is 10.2. The van der Waals surface area contributed by atoms with Crippen molar-refractivity contribution in [2.45, 2.75) is 16.2 Å². The van der Waals surface area contributed by atoms with Gasteiger partial charge in [-0.15, -0.1) is 10.2 Å². The minimum atomic E-state index is -4.25. The van der Waals surface area contributed by atoms with Crippen molar-refractivity contribution in [1.29, 1.82) is 0 Å². The number of aromatic nitrogens is 2. The smallest absolute Gasteiger partial charge is 0.316 e. The number of anilines is 2. The summed E-state index contributed by atoms with van der Waals surface area (Å²) in [5.41, 5.74) is 0.584. The number of esters is 1. The highest BCUT2D eigenvalue weighted by Crippen LogP contribution is 2.28. The summed E-state index contributed by atoms with van der Waals surface area (Å²) in [5.74, 6) is -1.95. The number of para-hydroxylation sites is 1. The number of hydrogen-bond acceptors (Lipinski definition) is 9. The van der Waals surface area contributed by atoms with Crippen LogP contribution in [0.25, 0.3) is 0 Å². The normalized spacial score (nSPS) is 11.1. The van der Waals surface area contributed by atoms with Crippen molar-refractivity contribution in [3.63, 3.8) is 0 Å². The minimum Gasteiger partial charge on any atom is -0.468 e. The Kier molecular flexibility index (Phi) is 8.00. The third kappa shape index (κ3) is 6.27. The minimum absolute atomic E-state index is 0.0228. The molecular weight excluding hydrogens is 491 g/mol. The first-order valence-electron chi connectivity index (χ1n) is 9.37. The Bertz CT molecular complexity index is 1250. The molecule has 1 amide bonds. The van der Waals surface area contributed by atoms with Crippen molar-refractivity contribution in [3.8, 4) is 0 Å². The highest BCUT2D eigenvalue weighted by molar-refractivity contribution is 8.01.